The van der Waals surface area contributed by atoms with Crippen LogP contribution in [0.5, 0.6) is 0 Å². The number of benzene rings is 1. The van der Waals surface area contributed by atoms with Crippen molar-refractivity contribution in [2.24, 2.45) is 5.73 Å². The maximum absolute atomic E-state index is 9.78. The van der Waals surface area contributed by atoms with Gasteiger partial charge in [-0.15, -0.1) is 0 Å². The highest BCUT2D eigenvalue weighted by Gasteiger charge is 2.31. The van der Waals surface area contributed by atoms with E-state index in [1.165, 1.54) is 24.8 Å². The van der Waals surface area contributed by atoms with E-state index in [1.807, 2.05) is 12.1 Å². The number of halogens is 1. The number of nitrogens with two attached hydrogens (primary N) is 1. The van der Waals surface area contributed by atoms with Crippen LogP contribution >= 0.6 is 11.6 Å². The van der Waals surface area contributed by atoms with Gasteiger partial charge >= 0.3 is 0 Å². The molecule has 0 saturated carbocycles. The van der Waals surface area contributed by atoms with Gasteiger partial charge in [0.25, 0.3) is 0 Å². The molecule has 0 radical (unpaired) electrons. The minimum absolute atomic E-state index is 0.0679. The molecule has 2 rings (SSSR count). The second kappa shape index (κ2) is 8.14. The van der Waals surface area contributed by atoms with Crippen LogP contribution in [0.2, 0.25) is 5.02 Å². The predicted octanol–water partition coefficient (Wildman–Crippen LogP) is 3.36. The summed E-state index contributed by atoms with van der Waals surface area (Å²) >= 11 is 6.01. The Bertz CT molecular complexity index is 423. The van der Waals surface area contributed by atoms with Gasteiger partial charge in [-0.05, 0) is 43.5 Å². The zero-order valence-corrected chi connectivity index (χ0v) is 13.6. The number of rotatable bonds is 5. The van der Waals surface area contributed by atoms with Crippen LogP contribution in [0, 0.1) is 0 Å². The molecule has 1 fully saturated rings. The van der Waals surface area contributed by atoms with E-state index >= 15 is 0 Å². The number of hydrogen-bond acceptors (Lipinski definition) is 3. The third-order valence-electron chi connectivity index (χ3n) is 4.58. The summed E-state index contributed by atoms with van der Waals surface area (Å²) < 4.78 is 0. The van der Waals surface area contributed by atoms with Gasteiger partial charge in [0.05, 0.1) is 12.6 Å². The first-order chi connectivity index (χ1) is 10.2. The molecule has 0 aromatic heterocycles. The molecular weight excluding hydrogens is 284 g/mol. The van der Waals surface area contributed by atoms with Crippen molar-refractivity contribution >= 4 is 11.6 Å². The Kier molecular flexibility index (Phi) is 6.49. The van der Waals surface area contributed by atoms with Crippen LogP contribution in [-0.4, -0.2) is 35.2 Å². The van der Waals surface area contributed by atoms with Gasteiger partial charge in [-0.1, -0.05) is 43.5 Å². The molecule has 4 heteroatoms. The molecular formula is C17H27ClN2O. The van der Waals surface area contributed by atoms with E-state index in [9.17, 15) is 5.11 Å². The fraction of sp³-hybridized carbons (Fsp3) is 0.647. The maximum Gasteiger partial charge on any atom is 0.0587 e. The molecule has 0 amide bonds. The molecule has 1 heterocycles. The summed E-state index contributed by atoms with van der Waals surface area (Å²) in [5.41, 5.74) is 7.63. The van der Waals surface area contributed by atoms with E-state index in [-0.39, 0.29) is 24.7 Å². The summed E-state index contributed by atoms with van der Waals surface area (Å²) in [6.45, 7) is 3.34. The highest BCUT2D eigenvalue weighted by atomic mass is 35.5. The van der Waals surface area contributed by atoms with Gasteiger partial charge < -0.3 is 10.8 Å². The van der Waals surface area contributed by atoms with Crippen molar-refractivity contribution in [3.05, 3.63) is 34.9 Å². The van der Waals surface area contributed by atoms with Crippen LogP contribution in [0.3, 0.4) is 0 Å². The van der Waals surface area contributed by atoms with Crippen LogP contribution in [0.25, 0.3) is 0 Å². The molecule has 0 spiro atoms. The van der Waals surface area contributed by atoms with Gasteiger partial charge in [0.2, 0.25) is 0 Å². The van der Waals surface area contributed by atoms with Crippen molar-refractivity contribution in [3.63, 3.8) is 0 Å². The smallest absolute Gasteiger partial charge is 0.0587 e. The molecule has 0 aliphatic carbocycles. The van der Waals surface area contributed by atoms with Crippen LogP contribution in [0.4, 0.5) is 0 Å². The maximum atomic E-state index is 9.78. The van der Waals surface area contributed by atoms with Crippen LogP contribution in [0.1, 0.15) is 50.6 Å². The second-order valence-corrected chi connectivity index (χ2v) is 6.43. The molecule has 3 nitrogen and oxygen atoms in total. The lowest BCUT2D eigenvalue weighted by atomic mass is 9.94. The van der Waals surface area contributed by atoms with Gasteiger partial charge in [-0.2, -0.15) is 0 Å². The lowest BCUT2D eigenvalue weighted by molar-refractivity contribution is 0.0714. The number of aliphatic hydroxyl groups is 1. The topological polar surface area (TPSA) is 49.5 Å². The van der Waals surface area contributed by atoms with Crippen LogP contribution in [-0.2, 0) is 0 Å². The van der Waals surface area contributed by atoms with Gasteiger partial charge in [-0.3, -0.25) is 4.90 Å². The van der Waals surface area contributed by atoms with Crippen molar-refractivity contribution in [2.45, 2.75) is 57.2 Å². The molecule has 21 heavy (non-hydrogen) atoms. The van der Waals surface area contributed by atoms with E-state index in [4.69, 9.17) is 17.3 Å². The highest BCUT2D eigenvalue weighted by Crippen LogP contribution is 2.31. The molecule has 1 saturated heterocycles. The summed E-state index contributed by atoms with van der Waals surface area (Å²) in [6, 6.07) is 8.44. The average Bonchev–Trinajstić information content (AvgIpc) is 2.74. The molecule has 3 unspecified atom stereocenters. The standard InChI is InChI=1S/C17H27ClN2O/c1-2-16(19)17(13-7-9-14(18)10-8-13)20-11-5-3-4-6-15(20)12-21/h7-10,15-17,21H,2-6,11-12,19H2,1H3. The van der Waals surface area contributed by atoms with Crippen LogP contribution < -0.4 is 5.73 Å². The van der Waals surface area contributed by atoms with Gasteiger partial charge in [0, 0.05) is 17.1 Å². The van der Waals surface area contributed by atoms with Crippen molar-refractivity contribution in [3.8, 4) is 0 Å². The first-order valence-electron chi connectivity index (χ1n) is 8.05. The Balaban J connectivity index is 2.31. The molecule has 1 aromatic rings. The van der Waals surface area contributed by atoms with Gasteiger partial charge in [0.15, 0.2) is 0 Å². The van der Waals surface area contributed by atoms with E-state index in [1.54, 1.807) is 0 Å². The second-order valence-electron chi connectivity index (χ2n) is 5.99. The fourth-order valence-corrected chi connectivity index (χ4v) is 3.46. The molecule has 3 atom stereocenters. The third kappa shape index (κ3) is 4.19. The number of hydrogen-bond donors (Lipinski definition) is 2. The quantitative estimate of drug-likeness (QED) is 0.877. The SMILES string of the molecule is CCC(N)C(c1ccc(Cl)cc1)N1CCCCCC1CO. The summed E-state index contributed by atoms with van der Waals surface area (Å²) in [6.07, 6.45) is 5.58. The number of nitrogens with zero attached hydrogens (tertiary/aromatic N) is 1. The molecule has 0 bridgehead atoms. The van der Waals surface area contributed by atoms with Crippen molar-refractivity contribution in [2.75, 3.05) is 13.2 Å². The minimum atomic E-state index is 0.0679. The Hall–Kier alpha value is -0.610. The average molecular weight is 311 g/mol. The predicted molar refractivity (Wildman–Crippen MR) is 88.5 cm³/mol. The van der Waals surface area contributed by atoms with Crippen molar-refractivity contribution in [1.29, 1.82) is 0 Å². The number of likely N-dealkylation sites (tertiary alicyclic amines) is 1. The normalized spacial score (nSPS) is 23.5. The monoisotopic (exact) mass is 310 g/mol. The van der Waals surface area contributed by atoms with Gasteiger partial charge in [0.1, 0.15) is 0 Å². The minimum Gasteiger partial charge on any atom is -0.395 e. The Labute approximate surface area is 133 Å². The van der Waals surface area contributed by atoms with Crippen molar-refractivity contribution < 1.29 is 5.11 Å². The molecule has 1 aliphatic heterocycles. The van der Waals surface area contributed by atoms with Crippen molar-refractivity contribution in [1.82, 2.24) is 4.90 Å². The Morgan fingerprint density at radius 2 is 2.00 bits per heavy atom. The molecule has 1 aliphatic rings. The Morgan fingerprint density at radius 3 is 2.62 bits per heavy atom. The largest absolute Gasteiger partial charge is 0.395 e. The van der Waals surface area contributed by atoms with Gasteiger partial charge in [-0.25, -0.2) is 0 Å². The van der Waals surface area contributed by atoms with E-state index in [0.29, 0.717) is 0 Å². The van der Waals surface area contributed by atoms with E-state index in [2.05, 4.69) is 24.0 Å². The lowest BCUT2D eigenvalue weighted by Crippen LogP contribution is -2.47. The summed E-state index contributed by atoms with van der Waals surface area (Å²) in [7, 11) is 0. The fourth-order valence-electron chi connectivity index (χ4n) is 3.33. The Morgan fingerprint density at radius 1 is 1.29 bits per heavy atom. The van der Waals surface area contributed by atoms with Crippen LogP contribution in [0.15, 0.2) is 24.3 Å². The first-order valence-corrected chi connectivity index (χ1v) is 8.42. The molecule has 3 N–H and O–H groups in total. The molecule has 1 aromatic carbocycles. The summed E-state index contributed by atoms with van der Waals surface area (Å²) in [5, 5.41) is 10.5. The lowest BCUT2D eigenvalue weighted by Gasteiger charge is -2.39. The first kappa shape index (κ1) is 16.8. The zero-order valence-electron chi connectivity index (χ0n) is 12.8. The van der Waals surface area contributed by atoms with E-state index < -0.39 is 0 Å². The third-order valence-corrected chi connectivity index (χ3v) is 4.83. The summed E-state index contributed by atoms with van der Waals surface area (Å²) in [4.78, 5) is 2.42. The highest BCUT2D eigenvalue weighted by molar-refractivity contribution is 6.30. The van der Waals surface area contributed by atoms with E-state index in [0.717, 1.165) is 24.4 Å². The number of aliphatic hydroxyl groups excluding tert-OH is 1. The zero-order chi connectivity index (χ0) is 15.2. The summed E-state index contributed by atoms with van der Waals surface area (Å²) in [5.74, 6) is 0. The molecule has 118 valence electrons.